The first-order valence-corrected chi connectivity index (χ1v) is 7.53. The van der Waals surface area contributed by atoms with E-state index in [1.807, 2.05) is 0 Å². The molecular formula is C9H20OTe. The molecule has 0 aliphatic heterocycles. The summed E-state index contributed by atoms with van der Waals surface area (Å²) in [4.78, 5) is 0. The van der Waals surface area contributed by atoms with Gasteiger partial charge in [-0.3, -0.25) is 0 Å². The van der Waals surface area contributed by atoms with E-state index in [4.69, 9.17) is 5.11 Å². The molecule has 0 spiro atoms. The van der Waals surface area contributed by atoms with E-state index in [0.717, 1.165) is 10.4 Å². The molecule has 0 aromatic rings. The number of rotatable bonds is 7. The first-order chi connectivity index (χ1) is 5.31. The van der Waals surface area contributed by atoms with Gasteiger partial charge in [-0.15, -0.1) is 0 Å². The molecule has 0 saturated carbocycles. The Morgan fingerprint density at radius 1 is 1.36 bits per heavy atom. The Hall–Kier alpha value is 0.750. The second-order valence-corrected chi connectivity index (χ2v) is 7.31. The second-order valence-electron chi connectivity index (χ2n) is 2.90. The fraction of sp³-hybridized carbons (Fsp3) is 1.00. The molecule has 0 radical (unpaired) electrons. The minimum atomic E-state index is 0.267. The quantitative estimate of drug-likeness (QED) is 0.557. The van der Waals surface area contributed by atoms with Gasteiger partial charge in [-0.05, 0) is 0 Å². The molecule has 0 aromatic heterocycles. The summed E-state index contributed by atoms with van der Waals surface area (Å²) in [5.41, 5.74) is 0. The predicted molar refractivity (Wildman–Crippen MR) is 51.2 cm³/mol. The topological polar surface area (TPSA) is 20.2 Å². The standard InChI is InChI=1S/C9H20OTe/c1-3-4-8-11-9(2)6-5-7-10/h9-10H,3-8H2,1-2H3. The van der Waals surface area contributed by atoms with E-state index in [1.165, 1.54) is 23.7 Å². The zero-order chi connectivity index (χ0) is 8.53. The molecule has 1 N–H and O–H groups in total. The van der Waals surface area contributed by atoms with Gasteiger partial charge in [0.1, 0.15) is 0 Å². The molecule has 0 aromatic carbocycles. The van der Waals surface area contributed by atoms with E-state index >= 15 is 0 Å². The summed E-state index contributed by atoms with van der Waals surface area (Å²) in [6, 6.07) is 0. The number of hydrogen-bond acceptors (Lipinski definition) is 1. The van der Waals surface area contributed by atoms with Gasteiger partial charge in [0, 0.05) is 0 Å². The second kappa shape index (κ2) is 8.84. The van der Waals surface area contributed by atoms with Crippen LogP contribution in [-0.4, -0.2) is 32.6 Å². The van der Waals surface area contributed by atoms with Crippen molar-refractivity contribution in [3.05, 3.63) is 0 Å². The molecule has 0 aliphatic rings. The van der Waals surface area contributed by atoms with Gasteiger partial charge >= 0.3 is 80.6 Å². The summed E-state index contributed by atoms with van der Waals surface area (Å²) in [7, 11) is 0. The van der Waals surface area contributed by atoms with Crippen LogP contribution in [0.3, 0.4) is 0 Å². The first-order valence-electron chi connectivity index (χ1n) is 4.53. The van der Waals surface area contributed by atoms with Crippen molar-refractivity contribution in [2.24, 2.45) is 0 Å². The van der Waals surface area contributed by atoms with E-state index in [9.17, 15) is 0 Å². The summed E-state index contributed by atoms with van der Waals surface area (Å²) >= 11 is 0.267. The molecule has 68 valence electrons. The van der Waals surface area contributed by atoms with Gasteiger partial charge in [0.2, 0.25) is 0 Å². The Labute approximate surface area is 80.7 Å². The van der Waals surface area contributed by atoms with Crippen molar-refractivity contribution in [2.45, 2.75) is 48.0 Å². The molecule has 0 amide bonds. The van der Waals surface area contributed by atoms with Crippen molar-refractivity contribution in [3.63, 3.8) is 0 Å². The van der Waals surface area contributed by atoms with Crippen LogP contribution in [-0.2, 0) is 0 Å². The van der Waals surface area contributed by atoms with E-state index < -0.39 is 0 Å². The third-order valence-electron chi connectivity index (χ3n) is 1.67. The van der Waals surface area contributed by atoms with Gasteiger partial charge in [0.05, 0.1) is 0 Å². The van der Waals surface area contributed by atoms with Crippen LogP contribution in [0.5, 0.6) is 0 Å². The maximum absolute atomic E-state index is 8.60. The molecule has 1 nitrogen and oxygen atoms in total. The molecule has 0 bridgehead atoms. The number of aliphatic hydroxyl groups excluding tert-OH is 1. The Morgan fingerprint density at radius 2 is 2.09 bits per heavy atom. The van der Waals surface area contributed by atoms with E-state index in [-0.39, 0.29) is 20.9 Å². The monoisotopic (exact) mass is 274 g/mol. The predicted octanol–water partition coefficient (Wildman–Crippen LogP) is 2.49. The molecule has 0 saturated heterocycles. The molecule has 0 heterocycles. The number of aliphatic hydroxyl groups is 1. The summed E-state index contributed by atoms with van der Waals surface area (Å²) < 4.78 is 2.44. The fourth-order valence-electron chi connectivity index (χ4n) is 0.891. The SMILES string of the molecule is CCCC[Te]C(C)CCCO. The average molecular weight is 272 g/mol. The molecule has 11 heavy (non-hydrogen) atoms. The van der Waals surface area contributed by atoms with Crippen molar-refractivity contribution in [3.8, 4) is 0 Å². The van der Waals surface area contributed by atoms with Crippen LogP contribution in [0.2, 0.25) is 8.43 Å². The van der Waals surface area contributed by atoms with Gasteiger partial charge in [-0.2, -0.15) is 0 Å². The Kier molecular flexibility index (Phi) is 9.45. The summed E-state index contributed by atoms with van der Waals surface area (Å²) in [6.07, 6.45) is 5.03. The van der Waals surface area contributed by atoms with Crippen LogP contribution < -0.4 is 0 Å². The molecule has 1 atom stereocenters. The van der Waals surface area contributed by atoms with Gasteiger partial charge in [0.25, 0.3) is 0 Å². The summed E-state index contributed by atoms with van der Waals surface area (Å²) in [5.74, 6) is 0. The van der Waals surface area contributed by atoms with Gasteiger partial charge in [-0.1, -0.05) is 0 Å². The van der Waals surface area contributed by atoms with Crippen molar-refractivity contribution in [2.75, 3.05) is 6.61 Å². The van der Waals surface area contributed by atoms with Crippen molar-refractivity contribution >= 4 is 20.9 Å². The summed E-state index contributed by atoms with van der Waals surface area (Å²) in [6.45, 7) is 4.98. The number of hydrogen-bond donors (Lipinski definition) is 1. The summed E-state index contributed by atoms with van der Waals surface area (Å²) in [5, 5.41) is 8.60. The first kappa shape index (κ1) is 11.7. The van der Waals surface area contributed by atoms with Crippen LogP contribution in [0.4, 0.5) is 0 Å². The third kappa shape index (κ3) is 8.66. The molecule has 0 fully saturated rings. The Morgan fingerprint density at radius 3 is 2.64 bits per heavy atom. The normalized spacial score (nSPS) is 13.4. The zero-order valence-electron chi connectivity index (χ0n) is 7.68. The zero-order valence-corrected chi connectivity index (χ0v) is 10.0. The van der Waals surface area contributed by atoms with Crippen molar-refractivity contribution < 1.29 is 5.11 Å². The molecular weight excluding hydrogens is 252 g/mol. The molecule has 2 heteroatoms. The third-order valence-corrected chi connectivity index (χ3v) is 5.46. The molecule has 1 unspecified atom stereocenters. The average Bonchev–Trinajstić information content (AvgIpc) is 2.01. The van der Waals surface area contributed by atoms with E-state index in [0.29, 0.717) is 6.61 Å². The van der Waals surface area contributed by atoms with Crippen LogP contribution in [0, 0.1) is 0 Å². The fourth-order valence-corrected chi connectivity index (χ4v) is 4.29. The number of unbranched alkanes of at least 4 members (excludes halogenated alkanes) is 1. The maximum atomic E-state index is 8.60. The van der Waals surface area contributed by atoms with E-state index in [1.54, 1.807) is 0 Å². The van der Waals surface area contributed by atoms with Crippen LogP contribution in [0.25, 0.3) is 0 Å². The van der Waals surface area contributed by atoms with Gasteiger partial charge < -0.3 is 0 Å². The van der Waals surface area contributed by atoms with E-state index in [2.05, 4.69) is 13.8 Å². The van der Waals surface area contributed by atoms with Crippen LogP contribution >= 0.6 is 0 Å². The molecule has 0 rings (SSSR count). The van der Waals surface area contributed by atoms with Gasteiger partial charge in [-0.25, -0.2) is 0 Å². The molecule has 0 aliphatic carbocycles. The van der Waals surface area contributed by atoms with Crippen LogP contribution in [0.1, 0.15) is 39.5 Å². The van der Waals surface area contributed by atoms with Crippen molar-refractivity contribution in [1.29, 1.82) is 0 Å². The minimum absolute atomic E-state index is 0.267. The van der Waals surface area contributed by atoms with Crippen molar-refractivity contribution in [1.82, 2.24) is 0 Å². The van der Waals surface area contributed by atoms with Crippen LogP contribution in [0.15, 0.2) is 0 Å². The Balaban J connectivity index is 3.02. The Bertz CT molecular complexity index is 76.0. The van der Waals surface area contributed by atoms with Gasteiger partial charge in [0.15, 0.2) is 0 Å².